The van der Waals surface area contributed by atoms with Crippen LogP contribution < -0.4 is 10.1 Å². The zero-order chi connectivity index (χ0) is 15.7. The second-order valence-corrected chi connectivity index (χ2v) is 4.74. The Hall–Kier alpha value is -2.25. The van der Waals surface area contributed by atoms with Crippen molar-refractivity contribution in [3.8, 4) is 5.75 Å². The molecule has 2 N–H and O–H groups in total. The Labute approximate surface area is 117 Å². The molecule has 21 heavy (non-hydrogen) atoms. The maximum Gasteiger partial charge on any atom is 0.573 e. The van der Waals surface area contributed by atoms with E-state index in [9.17, 15) is 22.8 Å². The molecule has 1 saturated carbocycles. The lowest BCUT2D eigenvalue weighted by atomic mass is 9.68. The Bertz CT molecular complexity index is 567. The van der Waals surface area contributed by atoms with Gasteiger partial charge in [-0.3, -0.25) is 9.59 Å². The van der Waals surface area contributed by atoms with E-state index >= 15 is 0 Å². The Morgan fingerprint density at radius 1 is 1.24 bits per heavy atom. The topological polar surface area (TPSA) is 75.6 Å². The number of ether oxygens (including phenoxy) is 1. The fourth-order valence-electron chi connectivity index (χ4n) is 2.09. The number of carboxylic acid groups (broad SMARTS) is 1. The number of halogens is 3. The average molecular weight is 303 g/mol. The molecule has 0 atom stereocenters. The highest BCUT2D eigenvalue weighted by Gasteiger charge is 2.51. The predicted molar refractivity (Wildman–Crippen MR) is 65.7 cm³/mol. The first kappa shape index (κ1) is 15.1. The van der Waals surface area contributed by atoms with E-state index in [0.717, 1.165) is 6.07 Å². The first-order valence-electron chi connectivity index (χ1n) is 6.14. The van der Waals surface area contributed by atoms with Crippen LogP contribution in [0.5, 0.6) is 5.75 Å². The van der Waals surface area contributed by atoms with Crippen molar-refractivity contribution in [2.75, 3.05) is 5.32 Å². The third-order valence-corrected chi connectivity index (χ3v) is 3.41. The van der Waals surface area contributed by atoms with E-state index in [1.54, 1.807) is 0 Å². The largest absolute Gasteiger partial charge is 0.573 e. The summed E-state index contributed by atoms with van der Waals surface area (Å²) in [5.74, 6) is -2.70. The van der Waals surface area contributed by atoms with Crippen LogP contribution in [-0.2, 0) is 9.59 Å². The second-order valence-electron chi connectivity index (χ2n) is 4.74. The van der Waals surface area contributed by atoms with Gasteiger partial charge in [0, 0.05) is 0 Å². The van der Waals surface area contributed by atoms with Crippen molar-refractivity contribution in [1.29, 1.82) is 0 Å². The molecule has 114 valence electrons. The number of hydrogen-bond acceptors (Lipinski definition) is 3. The Morgan fingerprint density at radius 2 is 1.86 bits per heavy atom. The highest BCUT2D eigenvalue weighted by Crippen LogP contribution is 2.43. The van der Waals surface area contributed by atoms with Gasteiger partial charge in [0.25, 0.3) is 0 Å². The summed E-state index contributed by atoms with van der Waals surface area (Å²) in [6, 6.07) is 4.98. The molecule has 1 aliphatic rings. The third-order valence-electron chi connectivity index (χ3n) is 3.41. The summed E-state index contributed by atoms with van der Waals surface area (Å²) in [6.45, 7) is 0. The molecule has 0 unspecified atom stereocenters. The summed E-state index contributed by atoms with van der Waals surface area (Å²) < 4.78 is 40.6. The van der Waals surface area contributed by atoms with Crippen LogP contribution in [0.3, 0.4) is 0 Å². The maximum atomic E-state index is 12.3. The summed E-state index contributed by atoms with van der Waals surface area (Å²) in [6.07, 6.45) is -3.99. The standard InChI is InChI=1S/C13H12F3NO4/c14-13(15,16)21-9-5-2-1-4-8(9)17-10(18)12(11(19)20)6-3-7-12/h1-2,4-5H,3,6-7H2,(H,17,18)(H,19,20). The quantitative estimate of drug-likeness (QED) is 0.839. The van der Waals surface area contributed by atoms with Gasteiger partial charge in [-0.2, -0.15) is 0 Å². The molecule has 0 saturated heterocycles. The predicted octanol–water partition coefficient (Wildman–Crippen LogP) is 2.78. The summed E-state index contributed by atoms with van der Waals surface area (Å²) in [7, 11) is 0. The normalized spacial score (nSPS) is 16.7. The third kappa shape index (κ3) is 3.09. The molecule has 0 aliphatic heterocycles. The molecule has 0 radical (unpaired) electrons. The number of nitrogens with one attached hydrogen (secondary N) is 1. The van der Waals surface area contributed by atoms with Crippen molar-refractivity contribution in [3.63, 3.8) is 0 Å². The van der Waals surface area contributed by atoms with Crippen molar-refractivity contribution in [1.82, 2.24) is 0 Å². The fourth-order valence-corrected chi connectivity index (χ4v) is 2.09. The summed E-state index contributed by atoms with van der Waals surface area (Å²) in [5, 5.41) is 11.3. The first-order chi connectivity index (χ1) is 9.74. The van der Waals surface area contributed by atoms with Crippen LogP contribution in [0.2, 0.25) is 0 Å². The van der Waals surface area contributed by atoms with Gasteiger partial charge >= 0.3 is 12.3 Å². The monoisotopic (exact) mass is 303 g/mol. The summed E-state index contributed by atoms with van der Waals surface area (Å²) in [5.41, 5.74) is -1.78. The number of hydrogen-bond donors (Lipinski definition) is 2. The highest BCUT2D eigenvalue weighted by atomic mass is 19.4. The zero-order valence-electron chi connectivity index (χ0n) is 10.7. The molecule has 2 rings (SSSR count). The molecule has 8 heteroatoms. The first-order valence-corrected chi connectivity index (χ1v) is 6.14. The van der Waals surface area contributed by atoms with Gasteiger partial charge in [-0.25, -0.2) is 0 Å². The van der Waals surface area contributed by atoms with Gasteiger partial charge in [0.2, 0.25) is 5.91 Å². The number of carbonyl (C=O) groups is 2. The van der Waals surface area contributed by atoms with E-state index in [0.29, 0.717) is 6.42 Å². The van der Waals surface area contributed by atoms with Gasteiger partial charge < -0.3 is 15.2 Å². The Morgan fingerprint density at radius 3 is 2.33 bits per heavy atom. The molecule has 1 aromatic rings. The molecule has 0 bridgehead atoms. The minimum Gasteiger partial charge on any atom is -0.480 e. The maximum absolute atomic E-state index is 12.3. The second kappa shape index (κ2) is 5.27. The number of amides is 1. The van der Waals surface area contributed by atoms with Crippen molar-refractivity contribution >= 4 is 17.6 Å². The SMILES string of the molecule is O=C(O)C1(C(=O)Nc2ccccc2OC(F)(F)F)CCC1. The number of anilines is 1. The lowest BCUT2D eigenvalue weighted by molar-refractivity contribution is -0.274. The van der Waals surface area contributed by atoms with Crippen molar-refractivity contribution in [2.24, 2.45) is 5.41 Å². The summed E-state index contributed by atoms with van der Waals surface area (Å²) >= 11 is 0. The number of aliphatic carboxylic acids is 1. The van der Waals surface area contributed by atoms with Gasteiger partial charge in [0.1, 0.15) is 5.41 Å². The average Bonchev–Trinajstić information content (AvgIpc) is 2.27. The van der Waals surface area contributed by atoms with Crippen LogP contribution in [0.15, 0.2) is 24.3 Å². The molecule has 1 aliphatic carbocycles. The fraction of sp³-hybridized carbons (Fsp3) is 0.385. The number of para-hydroxylation sites is 2. The Kier molecular flexibility index (Phi) is 3.80. The molecule has 1 aromatic carbocycles. The van der Waals surface area contributed by atoms with Crippen molar-refractivity contribution < 1.29 is 32.6 Å². The van der Waals surface area contributed by atoms with Crippen LogP contribution >= 0.6 is 0 Å². The van der Waals surface area contributed by atoms with Gasteiger partial charge in [-0.1, -0.05) is 18.6 Å². The van der Waals surface area contributed by atoms with E-state index in [1.165, 1.54) is 18.2 Å². The van der Waals surface area contributed by atoms with Crippen LogP contribution in [-0.4, -0.2) is 23.3 Å². The van der Waals surface area contributed by atoms with Crippen molar-refractivity contribution in [3.05, 3.63) is 24.3 Å². The van der Waals surface area contributed by atoms with Gasteiger partial charge in [0.15, 0.2) is 5.75 Å². The number of alkyl halides is 3. The van der Waals surface area contributed by atoms with Gasteiger partial charge in [0.05, 0.1) is 5.69 Å². The number of carboxylic acids is 1. The van der Waals surface area contributed by atoms with Crippen LogP contribution in [0, 0.1) is 5.41 Å². The molecule has 5 nitrogen and oxygen atoms in total. The lowest BCUT2D eigenvalue weighted by Crippen LogP contribution is -2.48. The molecule has 0 aromatic heterocycles. The zero-order valence-corrected chi connectivity index (χ0v) is 10.7. The summed E-state index contributed by atoms with van der Waals surface area (Å²) in [4.78, 5) is 23.2. The van der Waals surface area contributed by atoms with Crippen LogP contribution in [0.25, 0.3) is 0 Å². The van der Waals surface area contributed by atoms with Crippen LogP contribution in [0.4, 0.5) is 18.9 Å². The molecule has 1 fully saturated rings. The molecule has 1 amide bonds. The molecule has 0 spiro atoms. The highest BCUT2D eigenvalue weighted by molar-refractivity contribution is 6.09. The molecular formula is C13H12F3NO4. The number of rotatable bonds is 4. The van der Waals surface area contributed by atoms with E-state index in [-0.39, 0.29) is 18.5 Å². The number of benzene rings is 1. The molecule has 0 heterocycles. The minimum absolute atomic E-state index is 0.163. The van der Waals surface area contributed by atoms with E-state index in [2.05, 4.69) is 10.1 Å². The van der Waals surface area contributed by atoms with E-state index in [4.69, 9.17) is 5.11 Å². The van der Waals surface area contributed by atoms with Gasteiger partial charge in [-0.15, -0.1) is 13.2 Å². The molecular weight excluding hydrogens is 291 g/mol. The van der Waals surface area contributed by atoms with E-state index in [1.807, 2.05) is 0 Å². The van der Waals surface area contributed by atoms with E-state index < -0.39 is 29.4 Å². The number of carbonyl (C=O) groups excluding carboxylic acids is 1. The minimum atomic E-state index is -4.90. The van der Waals surface area contributed by atoms with Crippen molar-refractivity contribution in [2.45, 2.75) is 25.6 Å². The Balaban J connectivity index is 2.20. The van der Waals surface area contributed by atoms with Gasteiger partial charge in [-0.05, 0) is 25.0 Å². The smallest absolute Gasteiger partial charge is 0.480 e. The van der Waals surface area contributed by atoms with Crippen LogP contribution in [0.1, 0.15) is 19.3 Å². The lowest BCUT2D eigenvalue weighted by Gasteiger charge is -2.35.